The quantitative estimate of drug-likeness (QED) is 0.823. The fraction of sp³-hybridized carbons (Fsp3) is 0.538. The van der Waals surface area contributed by atoms with Gasteiger partial charge in [0.05, 0.1) is 5.60 Å². The van der Waals surface area contributed by atoms with E-state index in [1.807, 2.05) is 13.8 Å². The predicted molar refractivity (Wildman–Crippen MR) is 68.6 cm³/mol. The summed E-state index contributed by atoms with van der Waals surface area (Å²) in [5, 5.41) is 13.5. The van der Waals surface area contributed by atoms with E-state index in [2.05, 4.69) is 5.32 Å². The van der Waals surface area contributed by atoms with Gasteiger partial charge in [0.2, 0.25) is 0 Å². The molecule has 0 aliphatic rings. The van der Waals surface area contributed by atoms with Crippen LogP contribution >= 0.6 is 11.6 Å². The number of halogens is 2. The van der Waals surface area contributed by atoms with Gasteiger partial charge in [0.25, 0.3) is 0 Å². The Balaban J connectivity index is 2.57. The lowest BCUT2D eigenvalue weighted by molar-refractivity contribution is 0.0322. The maximum Gasteiger partial charge on any atom is 0.129 e. The maximum atomic E-state index is 13.4. The molecule has 0 spiro atoms. The van der Waals surface area contributed by atoms with Crippen LogP contribution in [0.1, 0.15) is 32.3 Å². The van der Waals surface area contributed by atoms with E-state index in [1.54, 1.807) is 12.1 Å². The Morgan fingerprint density at radius 3 is 2.53 bits per heavy atom. The minimum absolute atomic E-state index is 0.318. The van der Waals surface area contributed by atoms with Crippen LogP contribution in [0.5, 0.6) is 0 Å². The van der Waals surface area contributed by atoms with E-state index in [9.17, 15) is 9.50 Å². The van der Waals surface area contributed by atoms with Gasteiger partial charge in [-0.25, -0.2) is 4.39 Å². The largest absolute Gasteiger partial charge is 0.389 e. The molecule has 2 nitrogen and oxygen atoms in total. The molecule has 0 heterocycles. The Kier molecular flexibility index (Phi) is 5.37. The number of nitrogens with one attached hydrogen (secondary N) is 1. The second-order valence-electron chi connectivity index (χ2n) is 4.24. The highest BCUT2D eigenvalue weighted by Crippen LogP contribution is 2.19. The third-order valence-corrected chi connectivity index (χ3v) is 3.49. The zero-order valence-electron chi connectivity index (χ0n) is 10.3. The van der Waals surface area contributed by atoms with Crippen molar-refractivity contribution < 1.29 is 9.50 Å². The highest BCUT2D eigenvalue weighted by atomic mass is 35.5. The average Bonchev–Trinajstić information content (AvgIpc) is 2.32. The van der Waals surface area contributed by atoms with Crippen molar-refractivity contribution in [3.63, 3.8) is 0 Å². The molecule has 0 saturated carbocycles. The van der Waals surface area contributed by atoms with Gasteiger partial charge in [0.15, 0.2) is 0 Å². The summed E-state index contributed by atoms with van der Waals surface area (Å²) >= 11 is 5.90. The molecule has 0 aromatic heterocycles. The second kappa shape index (κ2) is 6.34. The molecule has 0 unspecified atom stereocenters. The van der Waals surface area contributed by atoms with E-state index in [1.165, 1.54) is 6.07 Å². The van der Waals surface area contributed by atoms with Crippen LogP contribution in [0.3, 0.4) is 0 Å². The van der Waals surface area contributed by atoms with Crippen LogP contribution in [0.15, 0.2) is 18.2 Å². The summed E-state index contributed by atoms with van der Waals surface area (Å²) in [5.41, 5.74) is -0.277. The Morgan fingerprint density at radius 1 is 1.35 bits per heavy atom. The predicted octanol–water partition coefficient (Wildman–Crippen LogP) is 3.12. The number of hydrogen-bond acceptors (Lipinski definition) is 2. The van der Waals surface area contributed by atoms with Crippen LogP contribution in [0, 0.1) is 5.82 Å². The second-order valence-corrected chi connectivity index (χ2v) is 4.64. The van der Waals surface area contributed by atoms with E-state index < -0.39 is 5.60 Å². The van der Waals surface area contributed by atoms with E-state index >= 15 is 0 Å². The van der Waals surface area contributed by atoms with Crippen molar-refractivity contribution in [1.82, 2.24) is 5.32 Å². The van der Waals surface area contributed by atoms with Gasteiger partial charge in [-0.2, -0.15) is 0 Å². The van der Waals surface area contributed by atoms with Gasteiger partial charge in [0, 0.05) is 23.7 Å². The Morgan fingerprint density at radius 2 is 2.00 bits per heavy atom. The molecule has 1 aromatic rings. The standard InChI is InChI=1S/C13H19ClFNO/c1-3-13(17,4-2)9-16-8-10-11(14)6-5-7-12(10)15/h5-7,16-17H,3-4,8-9H2,1-2H3. The SMILES string of the molecule is CCC(O)(CC)CNCc1c(F)cccc1Cl. The topological polar surface area (TPSA) is 32.3 Å². The van der Waals surface area contributed by atoms with Crippen molar-refractivity contribution in [3.8, 4) is 0 Å². The van der Waals surface area contributed by atoms with Crippen LogP contribution < -0.4 is 5.32 Å². The van der Waals surface area contributed by atoms with E-state index in [0.29, 0.717) is 36.5 Å². The van der Waals surface area contributed by atoms with Crippen molar-refractivity contribution in [2.45, 2.75) is 38.8 Å². The van der Waals surface area contributed by atoms with Gasteiger partial charge in [-0.05, 0) is 25.0 Å². The van der Waals surface area contributed by atoms with Crippen molar-refractivity contribution in [2.24, 2.45) is 0 Å². The van der Waals surface area contributed by atoms with Crippen LogP contribution in [-0.4, -0.2) is 17.3 Å². The molecular weight excluding hydrogens is 241 g/mol. The first-order valence-corrected chi connectivity index (χ1v) is 6.26. The average molecular weight is 260 g/mol. The Bertz CT molecular complexity index is 346. The highest BCUT2D eigenvalue weighted by molar-refractivity contribution is 6.31. The molecule has 1 aromatic carbocycles. The zero-order chi connectivity index (χ0) is 12.9. The fourth-order valence-electron chi connectivity index (χ4n) is 1.62. The summed E-state index contributed by atoms with van der Waals surface area (Å²) in [7, 11) is 0. The van der Waals surface area contributed by atoms with Gasteiger partial charge in [-0.3, -0.25) is 0 Å². The van der Waals surface area contributed by atoms with E-state index in [0.717, 1.165) is 0 Å². The maximum absolute atomic E-state index is 13.4. The first-order chi connectivity index (χ1) is 8.02. The molecule has 0 bridgehead atoms. The summed E-state index contributed by atoms with van der Waals surface area (Å²) in [4.78, 5) is 0. The Labute approximate surface area is 107 Å². The third-order valence-electron chi connectivity index (χ3n) is 3.13. The van der Waals surface area contributed by atoms with Gasteiger partial charge >= 0.3 is 0 Å². The van der Waals surface area contributed by atoms with Crippen LogP contribution in [0.2, 0.25) is 5.02 Å². The summed E-state index contributed by atoms with van der Waals surface area (Å²) in [6.45, 7) is 4.63. The summed E-state index contributed by atoms with van der Waals surface area (Å²) in [5.74, 6) is -0.318. The molecule has 0 amide bonds. The third kappa shape index (κ3) is 3.95. The number of hydrogen-bond donors (Lipinski definition) is 2. The smallest absolute Gasteiger partial charge is 0.129 e. The molecule has 0 fully saturated rings. The number of aliphatic hydroxyl groups is 1. The van der Waals surface area contributed by atoms with E-state index in [-0.39, 0.29) is 5.82 Å². The first-order valence-electron chi connectivity index (χ1n) is 5.88. The fourth-order valence-corrected chi connectivity index (χ4v) is 1.85. The van der Waals surface area contributed by atoms with Gasteiger partial charge < -0.3 is 10.4 Å². The van der Waals surface area contributed by atoms with Gasteiger partial charge in [0.1, 0.15) is 5.82 Å². The summed E-state index contributed by atoms with van der Waals surface area (Å²) in [6.07, 6.45) is 1.34. The first kappa shape index (κ1) is 14.4. The van der Waals surface area contributed by atoms with E-state index in [4.69, 9.17) is 11.6 Å². The van der Waals surface area contributed by atoms with Crippen molar-refractivity contribution >= 4 is 11.6 Å². The molecule has 17 heavy (non-hydrogen) atoms. The number of rotatable bonds is 6. The molecule has 0 aliphatic heterocycles. The lowest BCUT2D eigenvalue weighted by Crippen LogP contribution is -2.39. The van der Waals surface area contributed by atoms with Crippen molar-refractivity contribution in [3.05, 3.63) is 34.6 Å². The van der Waals surface area contributed by atoms with Crippen molar-refractivity contribution in [2.75, 3.05) is 6.54 Å². The molecule has 0 saturated heterocycles. The van der Waals surface area contributed by atoms with Crippen molar-refractivity contribution in [1.29, 1.82) is 0 Å². The normalized spacial score (nSPS) is 11.8. The minimum atomic E-state index is -0.724. The van der Waals surface area contributed by atoms with Crippen LogP contribution in [-0.2, 0) is 6.54 Å². The van der Waals surface area contributed by atoms with Gasteiger partial charge in [-0.15, -0.1) is 0 Å². The monoisotopic (exact) mass is 259 g/mol. The molecule has 0 aliphatic carbocycles. The molecule has 4 heteroatoms. The lowest BCUT2D eigenvalue weighted by Gasteiger charge is -2.25. The van der Waals surface area contributed by atoms with Gasteiger partial charge in [-0.1, -0.05) is 31.5 Å². The lowest BCUT2D eigenvalue weighted by atomic mass is 9.97. The summed E-state index contributed by atoms with van der Waals surface area (Å²) in [6, 6.07) is 4.62. The minimum Gasteiger partial charge on any atom is -0.389 e. The van der Waals surface area contributed by atoms with Crippen LogP contribution in [0.4, 0.5) is 4.39 Å². The number of benzene rings is 1. The Hall–Kier alpha value is -0.640. The zero-order valence-corrected chi connectivity index (χ0v) is 11.0. The van der Waals surface area contributed by atoms with Crippen LogP contribution in [0.25, 0.3) is 0 Å². The highest BCUT2D eigenvalue weighted by Gasteiger charge is 2.21. The molecular formula is C13H19ClFNO. The molecule has 96 valence electrons. The molecule has 0 radical (unpaired) electrons. The molecule has 1 rings (SSSR count). The molecule has 0 atom stereocenters. The molecule has 2 N–H and O–H groups in total. The summed E-state index contributed by atoms with van der Waals surface area (Å²) < 4.78 is 13.4.